The van der Waals surface area contributed by atoms with Crippen LogP contribution in [0, 0.1) is 28.1 Å². The molecule has 0 aliphatic heterocycles. The van der Waals surface area contributed by atoms with Crippen molar-refractivity contribution in [1.82, 2.24) is 0 Å². The summed E-state index contributed by atoms with van der Waals surface area (Å²) in [6, 6.07) is 0. The molecular weight excluding hydrogens is 184 g/mol. The van der Waals surface area contributed by atoms with Gasteiger partial charge in [-0.05, 0) is 55.3 Å². The Hall–Kier alpha value is -0.330. The Labute approximate surface area is 91.6 Å². The second kappa shape index (κ2) is 2.06. The standard InChI is InChI=1S/C14H20O/c1-12-6-13(12,2)8-14(7-12)10-4-3-9(5-10)11(14)15/h9-10H,3-8H2,1-2H3. The lowest BCUT2D eigenvalue weighted by Gasteiger charge is -2.35. The van der Waals surface area contributed by atoms with Gasteiger partial charge in [-0.15, -0.1) is 0 Å². The molecule has 1 spiro atoms. The second-order valence-corrected chi connectivity index (χ2v) is 7.38. The molecule has 0 aromatic heterocycles. The Morgan fingerprint density at radius 3 is 2.27 bits per heavy atom. The van der Waals surface area contributed by atoms with E-state index in [0.717, 1.165) is 5.92 Å². The number of hydrogen-bond acceptors (Lipinski definition) is 1. The van der Waals surface area contributed by atoms with Crippen LogP contribution in [0.25, 0.3) is 0 Å². The van der Waals surface area contributed by atoms with Crippen LogP contribution in [0.5, 0.6) is 0 Å². The summed E-state index contributed by atoms with van der Waals surface area (Å²) < 4.78 is 0. The molecule has 0 aromatic rings. The molecular formula is C14H20O. The predicted octanol–water partition coefficient (Wildman–Crippen LogP) is 3.18. The van der Waals surface area contributed by atoms with Crippen molar-refractivity contribution >= 4 is 5.78 Å². The first-order chi connectivity index (χ1) is 6.99. The van der Waals surface area contributed by atoms with Gasteiger partial charge in [0.05, 0.1) is 0 Å². The molecule has 1 heteroatoms. The number of hydrogen-bond donors (Lipinski definition) is 0. The average molecular weight is 204 g/mol. The maximum atomic E-state index is 12.4. The van der Waals surface area contributed by atoms with E-state index in [4.69, 9.17) is 0 Å². The Balaban J connectivity index is 1.77. The molecule has 82 valence electrons. The van der Waals surface area contributed by atoms with Gasteiger partial charge in [0, 0.05) is 11.3 Å². The average Bonchev–Trinajstić information content (AvgIpc) is 2.61. The van der Waals surface area contributed by atoms with E-state index in [1.807, 2.05) is 0 Å². The number of carbonyl (C=O) groups excluding carboxylic acids is 1. The van der Waals surface area contributed by atoms with E-state index in [1.54, 1.807) is 0 Å². The maximum absolute atomic E-state index is 12.4. The molecule has 0 heterocycles. The Bertz CT molecular complexity index is 356. The fourth-order valence-corrected chi connectivity index (χ4v) is 5.62. The highest BCUT2D eigenvalue weighted by Gasteiger charge is 2.75. The summed E-state index contributed by atoms with van der Waals surface area (Å²) in [5.41, 5.74) is 1.24. The monoisotopic (exact) mass is 204 g/mol. The second-order valence-electron chi connectivity index (χ2n) is 7.38. The van der Waals surface area contributed by atoms with Crippen LogP contribution in [-0.4, -0.2) is 5.78 Å². The fraction of sp³-hybridized carbons (Fsp3) is 0.929. The van der Waals surface area contributed by atoms with E-state index in [-0.39, 0.29) is 5.41 Å². The molecule has 4 saturated carbocycles. The third-order valence-corrected chi connectivity index (χ3v) is 6.60. The molecule has 15 heavy (non-hydrogen) atoms. The van der Waals surface area contributed by atoms with Crippen molar-refractivity contribution < 1.29 is 4.79 Å². The number of fused-ring (bicyclic) bond motifs is 4. The van der Waals surface area contributed by atoms with Crippen LogP contribution in [0.15, 0.2) is 0 Å². The Morgan fingerprint density at radius 2 is 1.73 bits per heavy atom. The van der Waals surface area contributed by atoms with Crippen molar-refractivity contribution in [3.05, 3.63) is 0 Å². The van der Waals surface area contributed by atoms with Gasteiger partial charge in [0.25, 0.3) is 0 Å². The normalized spacial score (nSPS) is 65.3. The highest BCUT2D eigenvalue weighted by atomic mass is 16.1. The van der Waals surface area contributed by atoms with Crippen LogP contribution >= 0.6 is 0 Å². The summed E-state index contributed by atoms with van der Waals surface area (Å²) in [6.45, 7) is 4.84. The first-order valence-electron chi connectivity index (χ1n) is 6.54. The predicted molar refractivity (Wildman–Crippen MR) is 58.3 cm³/mol. The SMILES string of the molecule is CC12CC3(CC1(C)C2)C(=O)C1CCC3C1. The molecule has 4 atom stereocenters. The number of Topliss-reactive ketones (excluding diaryl/α,β-unsaturated/α-hetero) is 1. The minimum absolute atomic E-state index is 0.171. The zero-order valence-electron chi connectivity index (χ0n) is 9.81. The minimum Gasteiger partial charge on any atom is -0.299 e. The van der Waals surface area contributed by atoms with E-state index in [0.29, 0.717) is 22.5 Å². The first-order valence-corrected chi connectivity index (χ1v) is 6.54. The number of carbonyl (C=O) groups is 1. The smallest absolute Gasteiger partial charge is 0.142 e. The molecule has 1 nitrogen and oxygen atoms in total. The van der Waals surface area contributed by atoms with Crippen molar-refractivity contribution in [2.45, 2.75) is 52.4 Å². The molecule has 0 radical (unpaired) electrons. The van der Waals surface area contributed by atoms with Gasteiger partial charge in [-0.25, -0.2) is 0 Å². The van der Waals surface area contributed by atoms with E-state index in [9.17, 15) is 4.79 Å². The van der Waals surface area contributed by atoms with Crippen molar-refractivity contribution in [3.63, 3.8) is 0 Å². The summed E-state index contributed by atoms with van der Waals surface area (Å²) in [4.78, 5) is 12.4. The van der Waals surface area contributed by atoms with Gasteiger partial charge in [-0.1, -0.05) is 13.8 Å². The lowest BCUT2D eigenvalue weighted by Crippen LogP contribution is -2.36. The van der Waals surface area contributed by atoms with Crippen molar-refractivity contribution in [2.24, 2.45) is 28.1 Å². The molecule has 0 amide bonds. The minimum atomic E-state index is 0.171. The lowest BCUT2D eigenvalue weighted by atomic mass is 9.67. The fourth-order valence-electron chi connectivity index (χ4n) is 5.62. The third-order valence-electron chi connectivity index (χ3n) is 6.60. The largest absolute Gasteiger partial charge is 0.299 e. The molecule has 0 aromatic carbocycles. The van der Waals surface area contributed by atoms with E-state index < -0.39 is 0 Å². The number of rotatable bonds is 0. The molecule has 4 fully saturated rings. The van der Waals surface area contributed by atoms with Gasteiger partial charge < -0.3 is 0 Å². The Kier molecular flexibility index (Phi) is 1.20. The maximum Gasteiger partial charge on any atom is 0.142 e. The van der Waals surface area contributed by atoms with Gasteiger partial charge >= 0.3 is 0 Å². The van der Waals surface area contributed by atoms with Gasteiger partial charge in [0.1, 0.15) is 5.78 Å². The molecule has 4 unspecified atom stereocenters. The van der Waals surface area contributed by atoms with Crippen LogP contribution in [0.1, 0.15) is 52.4 Å². The van der Waals surface area contributed by atoms with E-state index in [2.05, 4.69) is 13.8 Å². The molecule has 0 saturated heterocycles. The zero-order chi connectivity index (χ0) is 10.5. The van der Waals surface area contributed by atoms with Crippen molar-refractivity contribution in [3.8, 4) is 0 Å². The number of ketones is 1. The van der Waals surface area contributed by atoms with Gasteiger partial charge in [0.15, 0.2) is 0 Å². The molecule has 2 bridgehead atoms. The molecule has 4 aliphatic rings. The van der Waals surface area contributed by atoms with Gasteiger partial charge in [-0.3, -0.25) is 4.79 Å². The van der Waals surface area contributed by atoms with Crippen LogP contribution in [-0.2, 0) is 4.79 Å². The van der Waals surface area contributed by atoms with Gasteiger partial charge in [0.2, 0.25) is 0 Å². The summed E-state index contributed by atoms with van der Waals surface area (Å²) in [6.07, 6.45) is 7.64. The van der Waals surface area contributed by atoms with Crippen LogP contribution in [0.2, 0.25) is 0 Å². The van der Waals surface area contributed by atoms with Crippen LogP contribution in [0.4, 0.5) is 0 Å². The quantitative estimate of drug-likeness (QED) is 0.592. The van der Waals surface area contributed by atoms with Crippen LogP contribution in [0.3, 0.4) is 0 Å². The molecule has 0 N–H and O–H groups in total. The summed E-state index contributed by atoms with van der Waals surface area (Å²) in [5.74, 6) is 1.92. The molecule has 4 aliphatic carbocycles. The highest BCUT2D eigenvalue weighted by molar-refractivity contribution is 5.91. The van der Waals surface area contributed by atoms with Crippen molar-refractivity contribution in [2.75, 3.05) is 0 Å². The van der Waals surface area contributed by atoms with E-state index >= 15 is 0 Å². The highest BCUT2D eigenvalue weighted by Crippen LogP contribution is 2.81. The topological polar surface area (TPSA) is 17.1 Å². The lowest BCUT2D eigenvalue weighted by molar-refractivity contribution is -0.133. The first kappa shape index (κ1) is 8.78. The van der Waals surface area contributed by atoms with Crippen molar-refractivity contribution in [1.29, 1.82) is 0 Å². The summed E-state index contributed by atoms with van der Waals surface area (Å²) in [7, 11) is 0. The summed E-state index contributed by atoms with van der Waals surface area (Å²) in [5, 5.41) is 0. The Morgan fingerprint density at radius 1 is 1.07 bits per heavy atom. The van der Waals surface area contributed by atoms with Crippen LogP contribution < -0.4 is 0 Å². The third kappa shape index (κ3) is 0.755. The van der Waals surface area contributed by atoms with Gasteiger partial charge in [-0.2, -0.15) is 0 Å². The zero-order valence-corrected chi connectivity index (χ0v) is 9.81. The molecule has 4 rings (SSSR count). The summed E-state index contributed by atoms with van der Waals surface area (Å²) >= 11 is 0. The van der Waals surface area contributed by atoms with E-state index in [1.165, 1.54) is 38.5 Å².